The molecule has 2 rings (SSSR count). The number of hydrogen-bond donors (Lipinski definition) is 0. The average molecular weight is 248 g/mol. The van der Waals surface area contributed by atoms with Gasteiger partial charge < -0.3 is 9.47 Å². The Morgan fingerprint density at radius 1 is 1.28 bits per heavy atom. The van der Waals surface area contributed by atoms with Crippen LogP contribution in [0, 0.1) is 0 Å². The second kappa shape index (κ2) is 6.79. The topological polar surface area (TPSA) is 18.5 Å². The maximum atomic E-state index is 5.92. The lowest BCUT2D eigenvalue weighted by Crippen LogP contribution is -2.16. The van der Waals surface area contributed by atoms with Gasteiger partial charge in [0, 0.05) is 0 Å². The molecule has 1 aromatic carbocycles. The lowest BCUT2D eigenvalue weighted by atomic mass is 9.94. The average Bonchev–Trinajstić information content (AvgIpc) is 2.43. The third kappa shape index (κ3) is 3.26. The number of unbranched alkanes of at least 4 members (excludes halogenated alkanes) is 3. The zero-order valence-corrected chi connectivity index (χ0v) is 11.6. The lowest BCUT2D eigenvalue weighted by Gasteiger charge is -2.26. The highest BCUT2D eigenvalue weighted by Gasteiger charge is 2.20. The molecule has 1 aromatic rings. The largest absolute Gasteiger partial charge is 0.497 e. The summed E-state index contributed by atoms with van der Waals surface area (Å²) in [6, 6.07) is 6.39. The van der Waals surface area contributed by atoms with E-state index in [9.17, 15) is 0 Å². The Bertz CT molecular complexity index is 373. The van der Waals surface area contributed by atoms with Gasteiger partial charge in [-0.2, -0.15) is 0 Å². The number of rotatable bonds is 6. The molecule has 2 heteroatoms. The molecule has 0 bridgehead atoms. The summed E-state index contributed by atoms with van der Waals surface area (Å²) in [5.41, 5.74) is 2.78. The van der Waals surface area contributed by atoms with Gasteiger partial charge >= 0.3 is 0 Å². The zero-order valence-electron chi connectivity index (χ0n) is 11.6. The van der Waals surface area contributed by atoms with Crippen LogP contribution < -0.4 is 4.74 Å². The van der Waals surface area contributed by atoms with Crippen molar-refractivity contribution in [1.29, 1.82) is 0 Å². The molecule has 1 unspecified atom stereocenters. The minimum Gasteiger partial charge on any atom is -0.497 e. The highest BCUT2D eigenvalue weighted by Crippen LogP contribution is 2.33. The summed E-state index contributed by atoms with van der Waals surface area (Å²) in [5.74, 6) is 0.959. The van der Waals surface area contributed by atoms with Crippen LogP contribution in [0.5, 0.6) is 5.75 Å². The smallest absolute Gasteiger partial charge is 0.119 e. The first-order valence-electron chi connectivity index (χ1n) is 7.13. The molecule has 0 spiro atoms. The van der Waals surface area contributed by atoms with Crippen LogP contribution >= 0.6 is 0 Å². The van der Waals surface area contributed by atoms with Gasteiger partial charge in [0.2, 0.25) is 0 Å². The zero-order chi connectivity index (χ0) is 12.8. The van der Waals surface area contributed by atoms with Crippen LogP contribution in [0.4, 0.5) is 0 Å². The Hall–Kier alpha value is -1.02. The molecule has 0 radical (unpaired) electrons. The molecule has 0 N–H and O–H groups in total. The molecule has 0 aromatic heterocycles. The second-order valence-electron chi connectivity index (χ2n) is 5.02. The van der Waals surface area contributed by atoms with E-state index >= 15 is 0 Å². The fourth-order valence-corrected chi connectivity index (χ4v) is 2.64. The molecule has 100 valence electrons. The maximum Gasteiger partial charge on any atom is 0.119 e. The van der Waals surface area contributed by atoms with Crippen molar-refractivity contribution in [3.63, 3.8) is 0 Å². The Morgan fingerprint density at radius 3 is 2.94 bits per heavy atom. The molecule has 1 aliphatic heterocycles. The van der Waals surface area contributed by atoms with E-state index in [0.29, 0.717) is 6.10 Å². The first kappa shape index (κ1) is 13.4. The number of fused-ring (bicyclic) bond motifs is 1. The summed E-state index contributed by atoms with van der Waals surface area (Å²) in [6.07, 6.45) is 7.68. The normalized spacial score (nSPS) is 18.4. The monoisotopic (exact) mass is 248 g/mol. The maximum absolute atomic E-state index is 5.92. The molecule has 1 atom stereocenters. The van der Waals surface area contributed by atoms with Crippen molar-refractivity contribution >= 4 is 0 Å². The van der Waals surface area contributed by atoms with Gasteiger partial charge in [0.05, 0.1) is 19.8 Å². The van der Waals surface area contributed by atoms with Gasteiger partial charge in [-0.05, 0) is 36.1 Å². The van der Waals surface area contributed by atoms with E-state index in [1.165, 1.54) is 36.8 Å². The number of ether oxygens (including phenoxy) is 2. The summed E-state index contributed by atoms with van der Waals surface area (Å²) >= 11 is 0. The van der Waals surface area contributed by atoms with Crippen LogP contribution in [0.3, 0.4) is 0 Å². The van der Waals surface area contributed by atoms with Crippen LogP contribution in [0.15, 0.2) is 18.2 Å². The predicted octanol–water partition coefficient (Wildman–Crippen LogP) is 4.28. The van der Waals surface area contributed by atoms with E-state index < -0.39 is 0 Å². The first-order chi connectivity index (χ1) is 8.85. The van der Waals surface area contributed by atoms with Crippen molar-refractivity contribution in [2.75, 3.05) is 13.7 Å². The van der Waals surface area contributed by atoms with Gasteiger partial charge in [-0.1, -0.05) is 38.7 Å². The van der Waals surface area contributed by atoms with Gasteiger partial charge in [-0.25, -0.2) is 0 Å². The molecular formula is C16H24O2. The molecule has 18 heavy (non-hydrogen) atoms. The van der Waals surface area contributed by atoms with Crippen molar-refractivity contribution in [2.24, 2.45) is 0 Å². The van der Waals surface area contributed by atoms with Crippen LogP contribution in [-0.4, -0.2) is 13.7 Å². The van der Waals surface area contributed by atoms with Crippen molar-refractivity contribution in [3.05, 3.63) is 29.3 Å². The van der Waals surface area contributed by atoms with Gasteiger partial charge in [-0.3, -0.25) is 0 Å². The fourth-order valence-electron chi connectivity index (χ4n) is 2.64. The summed E-state index contributed by atoms with van der Waals surface area (Å²) in [4.78, 5) is 0. The van der Waals surface area contributed by atoms with Crippen molar-refractivity contribution in [1.82, 2.24) is 0 Å². The Labute approximate surface area is 110 Å². The summed E-state index contributed by atoms with van der Waals surface area (Å²) < 4.78 is 11.2. The van der Waals surface area contributed by atoms with E-state index in [0.717, 1.165) is 25.2 Å². The van der Waals surface area contributed by atoms with E-state index in [4.69, 9.17) is 9.47 Å². The van der Waals surface area contributed by atoms with E-state index in [1.54, 1.807) is 7.11 Å². The van der Waals surface area contributed by atoms with E-state index in [2.05, 4.69) is 19.1 Å². The van der Waals surface area contributed by atoms with Crippen molar-refractivity contribution in [3.8, 4) is 5.75 Å². The van der Waals surface area contributed by atoms with Gasteiger partial charge in [0.1, 0.15) is 5.75 Å². The number of benzene rings is 1. The van der Waals surface area contributed by atoms with Crippen LogP contribution in [0.2, 0.25) is 0 Å². The second-order valence-corrected chi connectivity index (χ2v) is 5.02. The Morgan fingerprint density at radius 2 is 2.17 bits per heavy atom. The summed E-state index contributed by atoms with van der Waals surface area (Å²) in [6.45, 7) is 3.09. The molecule has 0 saturated carbocycles. The van der Waals surface area contributed by atoms with Crippen LogP contribution in [0.25, 0.3) is 0 Å². The van der Waals surface area contributed by atoms with Crippen molar-refractivity contribution in [2.45, 2.75) is 51.6 Å². The minimum absolute atomic E-state index is 0.302. The van der Waals surface area contributed by atoms with Crippen molar-refractivity contribution < 1.29 is 9.47 Å². The van der Waals surface area contributed by atoms with Gasteiger partial charge in [0.15, 0.2) is 0 Å². The molecule has 0 aliphatic carbocycles. The molecule has 0 saturated heterocycles. The quantitative estimate of drug-likeness (QED) is 0.700. The standard InChI is InChI=1S/C16H24O2/c1-3-4-5-6-7-16-15-9-8-14(17-2)12-13(15)10-11-18-16/h8-9,12,16H,3-7,10-11H2,1-2H3. The van der Waals surface area contributed by atoms with Gasteiger partial charge in [0.25, 0.3) is 0 Å². The fraction of sp³-hybridized carbons (Fsp3) is 0.625. The summed E-state index contributed by atoms with van der Waals surface area (Å²) in [5, 5.41) is 0. The van der Waals surface area contributed by atoms with E-state index in [1.807, 2.05) is 6.07 Å². The third-order valence-corrected chi connectivity index (χ3v) is 3.71. The molecular weight excluding hydrogens is 224 g/mol. The Balaban J connectivity index is 1.99. The highest BCUT2D eigenvalue weighted by atomic mass is 16.5. The van der Waals surface area contributed by atoms with Crippen LogP contribution in [-0.2, 0) is 11.2 Å². The highest BCUT2D eigenvalue weighted by molar-refractivity contribution is 5.38. The molecule has 1 heterocycles. The lowest BCUT2D eigenvalue weighted by molar-refractivity contribution is 0.0347. The van der Waals surface area contributed by atoms with E-state index in [-0.39, 0.29) is 0 Å². The molecule has 1 aliphatic rings. The Kier molecular flexibility index (Phi) is 5.06. The molecule has 2 nitrogen and oxygen atoms in total. The number of methoxy groups -OCH3 is 1. The predicted molar refractivity (Wildman–Crippen MR) is 74.2 cm³/mol. The molecule has 0 amide bonds. The minimum atomic E-state index is 0.302. The SMILES string of the molecule is CCCCCCC1OCCc2cc(OC)ccc21. The van der Waals surface area contributed by atoms with Gasteiger partial charge in [-0.15, -0.1) is 0 Å². The number of hydrogen-bond acceptors (Lipinski definition) is 2. The summed E-state index contributed by atoms with van der Waals surface area (Å²) in [7, 11) is 1.73. The first-order valence-corrected chi connectivity index (χ1v) is 7.13. The van der Waals surface area contributed by atoms with Crippen LogP contribution in [0.1, 0.15) is 56.3 Å². The third-order valence-electron chi connectivity index (χ3n) is 3.71. The molecule has 0 fully saturated rings.